The molecule has 0 aliphatic carbocycles. The van der Waals surface area contributed by atoms with Crippen LogP contribution in [0.5, 0.6) is 0 Å². The highest BCUT2D eigenvalue weighted by atomic mass is 16.5. The minimum atomic E-state index is -2.99. The summed E-state index contributed by atoms with van der Waals surface area (Å²) in [5, 5.41) is 55.3. The number of ether oxygens (including phenoxy) is 1. The molecular formula is C37H46N4O13. The average Bonchev–Trinajstić information content (AvgIpc) is 3.15. The Morgan fingerprint density at radius 2 is 1.09 bits per heavy atom. The van der Waals surface area contributed by atoms with Gasteiger partial charge in [-0.05, 0) is 61.8 Å². The van der Waals surface area contributed by atoms with Gasteiger partial charge in [-0.25, -0.2) is 24.5 Å². The highest BCUT2D eigenvalue weighted by molar-refractivity contribution is 5.94. The van der Waals surface area contributed by atoms with E-state index in [4.69, 9.17) is 4.74 Å². The van der Waals surface area contributed by atoms with E-state index < -0.39 is 72.1 Å². The summed E-state index contributed by atoms with van der Waals surface area (Å²) in [6.45, 7) is -0.262. The van der Waals surface area contributed by atoms with Gasteiger partial charge in [0.25, 0.3) is 11.8 Å². The van der Waals surface area contributed by atoms with Crippen molar-refractivity contribution in [1.82, 2.24) is 20.8 Å². The molecule has 3 unspecified atom stereocenters. The number of rotatable bonds is 23. The highest BCUT2D eigenvalue weighted by Crippen LogP contribution is 2.18. The number of hydrogen-bond donors (Lipinski definition) is 7. The number of aliphatic carboxylic acids is 2. The highest BCUT2D eigenvalue weighted by Gasteiger charge is 2.42. The molecule has 0 bridgehead atoms. The van der Waals surface area contributed by atoms with E-state index in [2.05, 4.69) is 10.6 Å². The van der Waals surface area contributed by atoms with Gasteiger partial charge in [-0.3, -0.25) is 29.6 Å². The monoisotopic (exact) mass is 754 g/mol. The van der Waals surface area contributed by atoms with Crippen LogP contribution in [0.15, 0.2) is 72.8 Å². The zero-order chi connectivity index (χ0) is 40.1. The summed E-state index contributed by atoms with van der Waals surface area (Å²) in [5.41, 5.74) is -1.51. The topological polar surface area (TPSA) is 260 Å². The van der Waals surface area contributed by atoms with Crippen molar-refractivity contribution in [2.24, 2.45) is 0 Å². The van der Waals surface area contributed by atoms with Crippen LogP contribution in [-0.2, 0) is 38.3 Å². The first-order valence-electron chi connectivity index (χ1n) is 17.0. The van der Waals surface area contributed by atoms with Gasteiger partial charge in [0, 0.05) is 25.2 Å². The normalized spacial score (nSPS) is 13.3. The Balaban J connectivity index is 1.85. The lowest BCUT2D eigenvalue weighted by atomic mass is 9.94. The van der Waals surface area contributed by atoms with E-state index in [0.29, 0.717) is 10.1 Å². The van der Waals surface area contributed by atoms with E-state index in [0.717, 1.165) is 18.2 Å². The molecule has 2 aromatic rings. The number of unbranched alkanes of at least 4 members (excludes halogenated alkanes) is 2. The summed E-state index contributed by atoms with van der Waals surface area (Å²) in [7, 11) is 1.05. The molecular weight excluding hydrogens is 708 g/mol. The number of nitrogens with zero attached hydrogens (tertiary/aromatic N) is 2. The molecule has 0 aliphatic rings. The van der Waals surface area contributed by atoms with Crippen LogP contribution in [-0.4, -0.2) is 115 Å². The number of carbonyl (C=O) groups is 7. The van der Waals surface area contributed by atoms with Gasteiger partial charge in [-0.15, -0.1) is 0 Å². The third-order valence-corrected chi connectivity index (χ3v) is 7.93. The minimum absolute atomic E-state index is 0.0564. The number of carbonyl (C=O) groups excluding carboxylic acids is 5. The van der Waals surface area contributed by atoms with Crippen molar-refractivity contribution >= 4 is 53.7 Å². The van der Waals surface area contributed by atoms with Crippen LogP contribution < -0.4 is 10.6 Å². The molecule has 4 amide bonds. The van der Waals surface area contributed by atoms with Crippen molar-refractivity contribution in [3.63, 3.8) is 0 Å². The van der Waals surface area contributed by atoms with Gasteiger partial charge < -0.3 is 30.7 Å². The Morgan fingerprint density at radius 3 is 1.48 bits per heavy atom. The van der Waals surface area contributed by atoms with Crippen LogP contribution in [0.4, 0.5) is 0 Å². The summed E-state index contributed by atoms with van der Waals surface area (Å²) in [4.78, 5) is 85.8. The predicted molar refractivity (Wildman–Crippen MR) is 191 cm³/mol. The van der Waals surface area contributed by atoms with Crippen LogP contribution in [0.3, 0.4) is 0 Å². The maximum Gasteiger partial charge on any atom is 0.336 e. The van der Waals surface area contributed by atoms with Gasteiger partial charge in [0.2, 0.25) is 11.8 Å². The average molecular weight is 755 g/mol. The van der Waals surface area contributed by atoms with Gasteiger partial charge in [-0.2, -0.15) is 0 Å². The fraction of sp³-hybridized carbons (Fsp3) is 0.378. The SMILES string of the molecule is COC(=O)C(CCCCN(O)C(=O)C=Cc1ccccc1)NC(=O)CC(O)(CC(=O)NC(CCCCN(O)C(=O)C=Cc1ccccc1)C(=O)O)C(=O)O. The fourth-order valence-electron chi connectivity index (χ4n) is 4.96. The standard InChI is InChI=1S/C37H46N4O13/c1-54-35(48)29(17-9-11-23-41(53)33(45)21-19-27-14-6-3-7-15-27)39-31(43)25-37(51,36(49)50)24-30(42)38-28(34(46)47)16-8-10-22-40(52)32(44)20-18-26-12-4-2-5-13-26/h2-7,12-15,18-21,28-29,51-53H,8-11,16-17,22-25H2,1H3,(H,38,42)(H,39,43)(H,46,47)(H,49,50). The van der Waals surface area contributed by atoms with Crippen LogP contribution in [0.25, 0.3) is 12.2 Å². The number of methoxy groups -OCH3 is 1. The lowest BCUT2D eigenvalue weighted by molar-refractivity contribution is -0.165. The first-order chi connectivity index (χ1) is 25.6. The third-order valence-electron chi connectivity index (χ3n) is 7.93. The molecule has 0 radical (unpaired) electrons. The maximum atomic E-state index is 12.8. The summed E-state index contributed by atoms with van der Waals surface area (Å²) < 4.78 is 4.69. The molecule has 7 N–H and O–H groups in total. The molecule has 292 valence electrons. The molecule has 0 saturated carbocycles. The summed E-state index contributed by atoms with van der Waals surface area (Å²) in [6, 6.07) is 14.9. The number of carboxylic acids is 2. The first kappa shape index (κ1) is 44.3. The smallest absolute Gasteiger partial charge is 0.336 e. The number of esters is 1. The largest absolute Gasteiger partial charge is 0.480 e. The zero-order valence-electron chi connectivity index (χ0n) is 29.7. The van der Waals surface area contributed by atoms with Crippen molar-refractivity contribution in [2.45, 2.75) is 69.1 Å². The molecule has 0 heterocycles. The predicted octanol–water partition coefficient (Wildman–Crippen LogP) is 2.01. The Bertz CT molecular complexity index is 1630. The van der Waals surface area contributed by atoms with Crippen molar-refractivity contribution in [1.29, 1.82) is 0 Å². The number of aliphatic hydroxyl groups is 1. The number of hydrogen-bond acceptors (Lipinski definition) is 11. The third kappa shape index (κ3) is 16.2. The lowest BCUT2D eigenvalue weighted by Crippen LogP contribution is -2.51. The van der Waals surface area contributed by atoms with E-state index in [9.17, 15) is 59.3 Å². The summed E-state index contributed by atoms with van der Waals surface area (Å²) in [6.07, 6.45) is 3.38. The molecule has 0 aromatic heterocycles. The summed E-state index contributed by atoms with van der Waals surface area (Å²) >= 11 is 0. The van der Waals surface area contributed by atoms with E-state index in [1.807, 2.05) is 6.07 Å². The second-order valence-electron chi connectivity index (χ2n) is 12.2. The molecule has 0 spiro atoms. The lowest BCUT2D eigenvalue weighted by Gasteiger charge is -2.25. The van der Waals surface area contributed by atoms with Crippen molar-refractivity contribution in [3.05, 3.63) is 83.9 Å². The number of benzene rings is 2. The number of carboxylic acid groups (broad SMARTS) is 2. The van der Waals surface area contributed by atoms with Crippen molar-refractivity contribution < 1.29 is 64.0 Å². The second kappa shape index (κ2) is 22.9. The van der Waals surface area contributed by atoms with Gasteiger partial charge in [0.15, 0.2) is 5.60 Å². The number of amides is 4. The molecule has 2 rings (SSSR count). The zero-order valence-corrected chi connectivity index (χ0v) is 29.7. The Morgan fingerprint density at radius 1 is 0.685 bits per heavy atom. The number of hydroxylamine groups is 4. The molecule has 17 heteroatoms. The maximum absolute atomic E-state index is 12.8. The van der Waals surface area contributed by atoms with E-state index in [-0.39, 0.29) is 51.6 Å². The van der Waals surface area contributed by atoms with E-state index >= 15 is 0 Å². The van der Waals surface area contributed by atoms with Gasteiger partial charge >= 0.3 is 17.9 Å². The van der Waals surface area contributed by atoms with Crippen LogP contribution in [0.2, 0.25) is 0 Å². The fourth-order valence-corrected chi connectivity index (χ4v) is 4.96. The van der Waals surface area contributed by atoms with Gasteiger partial charge in [0.1, 0.15) is 12.1 Å². The van der Waals surface area contributed by atoms with Gasteiger partial charge in [0.05, 0.1) is 20.0 Å². The Labute approximate surface area is 311 Å². The van der Waals surface area contributed by atoms with Crippen molar-refractivity contribution in [2.75, 3.05) is 20.2 Å². The van der Waals surface area contributed by atoms with E-state index in [1.165, 1.54) is 24.3 Å². The van der Waals surface area contributed by atoms with Gasteiger partial charge in [-0.1, -0.05) is 60.7 Å². The molecule has 0 fully saturated rings. The quantitative estimate of drug-likeness (QED) is 0.0282. The van der Waals surface area contributed by atoms with Crippen LogP contribution >= 0.6 is 0 Å². The molecule has 2 aromatic carbocycles. The molecule has 3 atom stereocenters. The number of nitrogens with one attached hydrogen (secondary N) is 2. The Hall–Kier alpha value is -5.91. The first-order valence-corrected chi connectivity index (χ1v) is 17.0. The van der Waals surface area contributed by atoms with E-state index in [1.54, 1.807) is 54.6 Å². The van der Waals surface area contributed by atoms with Crippen LogP contribution in [0.1, 0.15) is 62.5 Å². The Kier molecular flexibility index (Phi) is 18.8. The second-order valence-corrected chi connectivity index (χ2v) is 12.2. The molecule has 54 heavy (non-hydrogen) atoms. The summed E-state index contributed by atoms with van der Waals surface area (Å²) in [5.74, 6) is -8.05. The molecule has 0 saturated heterocycles. The molecule has 17 nitrogen and oxygen atoms in total. The minimum Gasteiger partial charge on any atom is -0.480 e. The van der Waals surface area contributed by atoms with Crippen molar-refractivity contribution in [3.8, 4) is 0 Å². The molecule has 0 aliphatic heterocycles. The van der Waals surface area contributed by atoms with Crippen LogP contribution in [0, 0.1) is 0 Å².